The van der Waals surface area contributed by atoms with Gasteiger partial charge in [-0.25, -0.2) is 4.39 Å². The van der Waals surface area contributed by atoms with E-state index in [1.807, 2.05) is 0 Å². The second-order valence-corrected chi connectivity index (χ2v) is 6.61. The molecule has 0 heterocycles. The molecule has 11 heteroatoms. The van der Waals surface area contributed by atoms with Crippen LogP contribution in [0, 0.1) is 0 Å². The molecule has 170 valence electrons. The smallest absolute Gasteiger partial charge is 0.239 e. The number of alkyl halides is 1. The molecular formula is C18H35FN4O6. The Labute approximate surface area is 170 Å². The van der Waals surface area contributed by atoms with Crippen LogP contribution in [0.25, 0.3) is 0 Å². The standard InChI is InChI=1S/C18H35FN4O6/c1-3-14(24)17(27)16(26)12(19)11-22-29-10-9-21-8-6-5-7-13(18(20)28)23-15(25)4-2/h11-14,16-17,21,24,26-27H,3-10H2,1-2H3,(H2,20,28)(H,23,25)/b22-11+/t12-,13?,14+,16+,17+/m0/s1/i19-1. The lowest BCUT2D eigenvalue weighted by atomic mass is 10.0. The van der Waals surface area contributed by atoms with Crippen molar-refractivity contribution in [3.8, 4) is 0 Å². The van der Waals surface area contributed by atoms with Crippen molar-refractivity contribution in [3.05, 3.63) is 0 Å². The predicted molar refractivity (Wildman–Crippen MR) is 106 cm³/mol. The second-order valence-electron chi connectivity index (χ2n) is 6.61. The number of rotatable bonds is 17. The highest BCUT2D eigenvalue weighted by Gasteiger charge is 2.29. The van der Waals surface area contributed by atoms with Gasteiger partial charge in [0.05, 0.1) is 12.3 Å². The fourth-order valence-electron chi connectivity index (χ4n) is 2.32. The number of amides is 2. The second kappa shape index (κ2) is 16.0. The van der Waals surface area contributed by atoms with E-state index >= 15 is 0 Å². The molecule has 10 nitrogen and oxygen atoms in total. The summed E-state index contributed by atoms with van der Waals surface area (Å²) >= 11 is 0. The summed E-state index contributed by atoms with van der Waals surface area (Å²) < 4.78 is 13.7. The summed E-state index contributed by atoms with van der Waals surface area (Å²) in [6.45, 7) is 4.54. The summed E-state index contributed by atoms with van der Waals surface area (Å²) in [5.74, 6) is -0.775. The van der Waals surface area contributed by atoms with Gasteiger partial charge in [0, 0.05) is 13.0 Å². The molecule has 0 aromatic carbocycles. The zero-order valence-corrected chi connectivity index (χ0v) is 17.1. The van der Waals surface area contributed by atoms with Gasteiger partial charge in [-0.1, -0.05) is 19.0 Å². The van der Waals surface area contributed by atoms with E-state index in [4.69, 9.17) is 10.6 Å². The topological polar surface area (TPSA) is 166 Å². The molecule has 7 N–H and O–H groups in total. The molecule has 0 aliphatic rings. The Hall–Kier alpha value is -1.82. The number of aliphatic hydroxyl groups is 3. The number of nitrogens with zero attached hydrogens (tertiary/aromatic N) is 1. The molecule has 0 aliphatic heterocycles. The summed E-state index contributed by atoms with van der Waals surface area (Å²) in [5, 5.41) is 37.5. The minimum absolute atomic E-state index is 0.163. The summed E-state index contributed by atoms with van der Waals surface area (Å²) in [6.07, 6.45) is -3.48. The number of hydrogen-bond acceptors (Lipinski definition) is 8. The van der Waals surface area contributed by atoms with Gasteiger partial charge in [-0.15, -0.1) is 0 Å². The van der Waals surface area contributed by atoms with E-state index in [9.17, 15) is 29.3 Å². The number of aliphatic hydroxyl groups excluding tert-OH is 3. The number of nitrogens with one attached hydrogen (secondary N) is 2. The van der Waals surface area contributed by atoms with Crippen molar-refractivity contribution >= 4 is 18.0 Å². The number of halogens is 1. The lowest BCUT2D eigenvalue weighted by Crippen LogP contribution is -2.44. The molecule has 0 aliphatic carbocycles. The highest BCUT2D eigenvalue weighted by Crippen LogP contribution is 2.09. The molecule has 5 atom stereocenters. The van der Waals surface area contributed by atoms with Crippen LogP contribution in [0.4, 0.5) is 4.39 Å². The van der Waals surface area contributed by atoms with Crippen molar-refractivity contribution in [2.45, 2.75) is 76.5 Å². The molecule has 0 rings (SSSR count). The molecule has 0 radical (unpaired) electrons. The Bertz CT molecular complexity index is 497. The van der Waals surface area contributed by atoms with Gasteiger partial charge < -0.3 is 36.5 Å². The van der Waals surface area contributed by atoms with E-state index in [0.29, 0.717) is 25.9 Å². The molecule has 0 bridgehead atoms. The van der Waals surface area contributed by atoms with Gasteiger partial charge >= 0.3 is 0 Å². The highest BCUT2D eigenvalue weighted by molar-refractivity contribution is 5.86. The van der Waals surface area contributed by atoms with Gasteiger partial charge in [0.1, 0.15) is 24.9 Å². The number of oxime groups is 1. The van der Waals surface area contributed by atoms with Gasteiger partial charge in [-0.05, 0) is 32.2 Å². The summed E-state index contributed by atoms with van der Waals surface area (Å²) in [6, 6.07) is -0.666. The Balaban J connectivity index is 3.83. The number of hydrogen-bond donors (Lipinski definition) is 6. The fraction of sp³-hybridized carbons (Fsp3) is 0.833. The van der Waals surface area contributed by atoms with Crippen molar-refractivity contribution in [2.24, 2.45) is 10.9 Å². The number of carbonyl (C=O) groups excluding carboxylic acids is 2. The zero-order valence-electron chi connectivity index (χ0n) is 17.1. The molecule has 0 aromatic heterocycles. The summed E-state index contributed by atoms with van der Waals surface area (Å²) in [4.78, 5) is 27.5. The van der Waals surface area contributed by atoms with Crippen molar-refractivity contribution in [2.75, 3.05) is 19.7 Å². The maximum atomic E-state index is 13.7. The maximum Gasteiger partial charge on any atom is 0.239 e. The van der Waals surface area contributed by atoms with Crippen LogP contribution >= 0.6 is 0 Å². The van der Waals surface area contributed by atoms with E-state index in [-0.39, 0.29) is 25.4 Å². The first kappa shape index (κ1) is 27.2. The van der Waals surface area contributed by atoms with Gasteiger partial charge in [0.2, 0.25) is 11.8 Å². The maximum absolute atomic E-state index is 13.7. The Kier molecular flexibility index (Phi) is 15.0. The van der Waals surface area contributed by atoms with Gasteiger partial charge in [-0.2, -0.15) is 0 Å². The molecule has 29 heavy (non-hydrogen) atoms. The molecule has 1 unspecified atom stereocenters. The zero-order chi connectivity index (χ0) is 22.2. The largest absolute Gasteiger partial charge is 0.395 e. The van der Waals surface area contributed by atoms with E-state index in [1.165, 1.54) is 0 Å². The molecule has 0 saturated carbocycles. The van der Waals surface area contributed by atoms with Crippen LogP contribution in [0.15, 0.2) is 5.16 Å². The van der Waals surface area contributed by atoms with Gasteiger partial charge in [0.25, 0.3) is 0 Å². The Morgan fingerprint density at radius 3 is 2.45 bits per heavy atom. The van der Waals surface area contributed by atoms with E-state index in [1.54, 1.807) is 13.8 Å². The molecule has 0 fully saturated rings. The number of unbranched alkanes of at least 4 members (excludes halogenated alkanes) is 1. The lowest BCUT2D eigenvalue weighted by Gasteiger charge is -2.22. The molecule has 2 amide bonds. The van der Waals surface area contributed by atoms with E-state index in [2.05, 4.69) is 15.8 Å². The first-order valence-electron chi connectivity index (χ1n) is 9.87. The third-order valence-corrected chi connectivity index (χ3v) is 4.23. The Morgan fingerprint density at radius 2 is 1.86 bits per heavy atom. The van der Waals surface area contributed by atoms with Crippen molar-refractivity contribution < 1.29 is 34.1 Å². The van der Waals surface area contributed by atoms with E-state index in [0.717, 1.165) is 12.6 Å². The van der Waals surface area contributed by atoms with Gasteiger partial charge in [0.15, 0.2) is 6.17 Å². The number of carbonyl (C=O) groups is 2. The quantitative estimate of drug-likeness (QED) is 0.0991. The third kappa shape index (κ3) is 12.4. The third-order valence-electron chi connectivity index (χ3n) is 4.23. The van der Waals surface area contributed by atoms with Crippen LogP contribution < -0.4 is 16.4 Å². The minimum Gasteiger partial charge on any atom is -0.395 e. The molecular weight excluding hydrogens is 386 g/mol. The average molecular weight is 422 g/mol. The van der Waals surface area contributed by atoms with Crippen LogP contribution in [-0.4, -0.2) is 83.6 Å². The fourth-order valence-corrected chi connectivity index (χ4v) is 2.32. The SMILES string of the molecule is CCC(=O)NC(CCCCNCCO/N=C/[C@H]([18F])[C@@H](O)[C@H](O)[C@H](O)CC)C(N)=O. The normalized spacial score (nSPS) is 16.8. The summed E-state index contributed by atoms with van der Waals surface area (Å²) in [5.41, 5.74) is 5.26. The lowest BCUT2D eigenvalue weighted by molar-refractivity contribution is -0.127. The van der Waals surface area contributed by atoms with Crippen LogP contribution in [0.1, 0.15) is 46.0 Å². The highest BCUT2D eigenvalue weighted by atomic mass is 18.2. The summed E-state index contributed by atoms with van der Waals surface area (Å²) in [7, 11) is 0. The molecule has 0 aromatic rings. The average Bonchev–Trinajstić information content (AvgIpc) is 2.71. The van der Waals surface area contributed by atoms with Crippen molar-refractivity contribution in [3.63, 3.8) is 0 Å². The van der Waals surface area contributed by atoms with Crippen LogP contribution in [-0.2, 0) is 14.4 Å². The first-order chi connectivity index (χ1) is 13.7. The predicted octanol–water partition coefficient (Wildman–Crippen LogP) is -1.04. The monoisotopic (exact) mass is 421 g/mol. The van der Waals surface area contributed by atoms with Crippen LogP contribution in [0.2, 0.25) is 0 Å². The van der Waals surface area contributed by atoms with Crippen molar-refractivity contribution in [1.29, 1.82) is 0 Å². The van der Waals surface area contributed by atoms with E-state index < -0.39 is 36.4 Å². The Morgan fingerprint density at radius 1 is 1.17 bits per heavy atom. The number of nitrogens with two attached hydrogens (primary N) is 1. The minimum atomic E-state index is -1.97. The first-order valence-corrected chi connectivity index (χ1v) is 9.87. The van der Waals surface area contributed by atoms with Gasteiger partial charge in [-0.3, -0.25) is 9.59 Å². The van der Waals surface area contributed by atoms with Crippen LogP contribution in [0.5, 0.6) is 0 Å². The molecule has 0 spiro atoms. The number of primary amides is 1. The molecule has 0 saturated heterocycles. The van der Waals surface area contributed by atoms with Crippen molar-refractivity contribution in [1.82, 2.24) is 10.6 Å². The van der Waals surface area contributed by atoms with Crippen LogP contribution in [0.3, 0.4) is 0 Å².